The third-order valence-electron chi connectivity index (χ3n) is 6.55. The zero-order chi connectivity index (χ0) is 28.2. The highest BCUT2D eigenvalue weighted by atomic mass is 32.2. The number of rotatable bonds is 10. The Morgan fingerprint density at radius 1 is 0.950 bits per heavy atom. The first-order valence-electron chi connectivity index (χ1n) is 12.6. The summed E-state index contributed by atoms with van der Waals surface area (Å²) in [6.45, 7) is 6.20. The molecule has 5 rings (SSSR count). The molecule has 0 aliphatic heterocycles. The van der Waals surface area contributed by atoms with Crippen molar-refractivity contribution in [1.82, 2.24) is 19.7 Å². The molecule has 2 aromatic heterocycles. The van der Waals surface area contributed by atoms with Gasteiger partial charge in [-0.05, 0) is 48.4 Å². The molecule has 0 unspecified atom stereocenters. The van der Waals surface area contributed by atoms with Crippen LogP contribution in [0.1, 0.15) is 11.1 Å². The third-order valence-corrected chi connectivity index (χ3v) is 7.59. The molecule has 0 atom stereocenters. The lowest BCUT2D eigenvalue weighted by Crippen LogP contribution is -2.02. The van der Waals surface area contributed by atoms with Crippen molar-refractivity contribution < 1.29 is 18.6 Å². The maximum atomic E-state index is 14.1. The number of allylic oxidation sites excluding steroid dienone is 1. The van der Waals surface area contributed by atoms with Crippen LogP contribution in [-0.4, -0.2) is 41.1 Å². The molecule has 40 heavy (non-hydrogen) atoms. The first-order chi connectivity index (χ1) is 19.5. The van der Waals surface area contributed by atoms with Crippen LogP contribution in [-0.2, 0) is 12.3 Å². The summed E-state index contributed by atoms with van der Waals surface area (Å²) < 4.78 is 32.8. The lowest BCUT2D eigenvalue weighted by molar-refractivity contribution is 0.324. The number of aromatic nitrogens is 4. The average Bonchev–Trinajstić information content (AvgIpc) is 3.38. The molecule has 0 saturated carbocycles. The van der Waals surface area contributed by atoms with Crippen LogP contribution in [0.3, 0.4) is 0 Å². The maximum absolute atomic E-state index is 14.1. The largest absolute Gasteiger partial charge is 0.493 e. The van der Waals surface area contributed by atoms with Crippen molar-refractivity contribution in [2.24, 2.45) is 0 Å². The molecule has 0 N–H and O–H groups in total. The van der Waals surface area contributed by atoms with Crippen LogP contribution < -0.4 is 14.2 Å². The van der Waals surface area contributed by atoms with Crippen LogP contribution in [0.5, 0.6) is 17.2 Å². The summed E-state index contributed by atoms with van der Waals surface area (Å²) in [7, 11) is 4.74. The third kappa shape index (κ3) is 5.24. The number of hydrogen-bond donors (Lipinski definition) is 0. The number of halogens is 1. The first-order valence-corrected chi connectivity index (χ1v) is 13.6. The van der Waals surface area contributed by atoms with Gasteiger partial charge in [0, 0.05) is 28.8 Å². The number of benzene rings is 3. The van der Waals surface area contributed by atoms with Crippen LogP contribution in [0.2, 0.25) is 0 Å². The lowest BCUT2D eigenvalue weighted by Gasteiger charge is -2.15. The summed E-state index contributed by atoms with van der Waals surface area (Å²) in [4.78, 5) is 4.94. The zero-order valence-electron chi connectivity index (χ0n) is 22.8. The van der Waals surface area contributed by atoms with Crippen molar-refractivity contribution in [3.63, 3.8) is 0 Å². The molecule has 5 aromatic rings. The molecule has 0 saturated heterocycles. The van der Waals surface area contributed by atoms with Crippen LogP contribution in [0.25, 0.3) is 33.5 Å². The summed E-state index contributed by atoms with van der Waals surface area (Å²) in [5.41, 5.74) is 4.69. The molecule has 3 aromatic carbocycles. The minimum atomic E-state index is -0.214. The van der Waals surface area contributed by atoms with E-state index in [1.807, 2.05) is 59.2 Å². The molecule has 204 valence electrons. The fourth-order valence-corrected chi connectivity index (χ4v) is 5.39. The minimum Gasteiger partial charge on any atom is -0.493 e. The van der Waals surface area contributed by atoms with E-state index in [1.54, 1.807) is 40.4 Å². The van der Waals surface area contributed by atoms with Gasteiger partial charge >= 0.3 is 0 Å². The number of fused-ring (bicyclic) bond motifs is 1. The number of ether oxygens (including phenoxy) is 3. The molecule has 2 heterocycles. The van der Waals surface area contributed by atoms with Crippen molar-refractivity contribution >= 4 is 22.7 Å². The van der Waals surface area contributed by atoms with E-state index in [0.29, 0.717) is 51.8 Å². The normalized spacial score (nSPS) is 11.0. The molecule has 0 radical (unpaired) electrons. The van der Waals surface area contributed by atoms with E-state index in [1.165, 1.54) is 11.8 Å². The summed E-state index contributed by atoms with van der Waals surface area (Å²) in [5, 5.41) is 10.8. The van der Waals surface area contributed by atoms with E-state index >= 15 is 0 Å². The van der Waals surface area contributed by atoms with Gasteiger partial charge in [-0.2, -0.15) is 0 Å². The van der Waals surface area contributed by atoms with E-state index in [2.05, 4.69) is 16.8 Å². The summed E-state index contributed by atoms with van der Waals surface area (Å²) >= 11 is 1.50. The first kappa shape index (κ1) is 27.2. The Hall–Kier alpha value is -4.37. The van der Waals surface area contributed by atoms with Gasteiger partial charge in [0.15, 0.2) is 22.5 Å². The van der Waals surface area contributed by atoms with Gasteiger partial charge in [-0.1, -0.05) is 48.2 Å². The van der Waals surface area contributed by atoms with Gasteiger partial charge in [0.2, 0.25) is 5.75 Å². The van der Waals surface area contributed by atoms with Crippen molar-refractivity contribution in [1.29, 1.82) is 0 Å². The molecule has 7 nitrogen and oxygen atoms in total. The Bertz CT molecular complexity index is 1680. The number of hydrogen-bond acceptors (Lipinski definition) is 7. The van der Waals surface area contributed by atoms with Gasteiger partial charge in [0.1, 0.15) is 5.82 Å². The van der Waals surface area contributed by atoms with Crippen molar-refractivity contribution in [2.75, 3.05) is 21.3 Å². The topological polar surface area (TPSA) is 71.3 Å². The molecule has 0 spiro atoms. The number of thioether (sulfide) groups is 1. The van der Waals surface area contributed by atoms with E-state index < -0.39 is 0 Å². The second-order valence-electron chi connectivity index (χ2n) is 9.06. The highest BCUT2D eigenvalue weighted by Crippen LogP contribution is 2.42. The number of aryl methyl sites for hydroxylation is 1. The molecule has 0 fully saturated rings. The number of pyridine rings is 1. The van der Waals surface area contributed by atoms with Crippen molar-refractivity contribution in [2.45, 2.75) is 24.4 Å². The van der Waals surface area contributed by atoms with Gasteiger partial charge in [-0.25, -0.2) is 9.37 Å². The number of nitrogens with zero attached hydrogens (tertiary/aromatic N) is 4. The standard InChI is InChI=1S/C31H29FN4O3S/c1-6-13-36-30(34-35-31(36)40-18-20-12-11-19(2)24(32)14-20)23-17-26(33-25-10-8-7-9-22(23)25)21-15-27(37-3)29(39-5)28(16-21)38-4/h6-12,14-17H,1,13,18H2,2-5H3. The molecule has 0 aliphatic rings. The van der Waals surface area contributed by atoms with Gasteiger partial charge in [0.05, 0.1) is 32.5 Å². The molecule has 9 heteroatoms. The fourth-order valence-electron chi connectivity index (χ4n) is 4.50. The van der Waals surface area contributed by atoms with Crippen LogP contribution in [0.4, 0.5) is 4.39 Å². The second-order valence-corrected chi connectivity index (χ2v) is 10.0. The Kier molecular flexibility index (Phi) is 8.02. The highest BCUT2D eigenvalue weighted by molar-refractivity contribution is 7.98. The van der Waals surface area contributed by atoms with Crippen LogP contribution in [0, 0.1) is 12.7 Å². The predicted octanol–water partition coefficient (Wildman–Crippen LogP) is 7.11. The SMILES string of the molecule is C=CCn1c(SCc2ccc(C)c(F)c2)nnc1-c1cc(-c2cc(OC)c(OC)c(OC)c2)nc2ccccc12. The molecule has 0 aliphatic carbocycles. The quantitative estimate of drug-likeness (QED) is 0.134. The fraction of sp³-hybridized carbons (Fsp3) is 0.194. The van der Waals surface area contributed by atoms with E-state index in [0.717, 1.165) is 27.6 Å². The Morgan fingerprint density at radius 2 is 1.70 bits per heavy atom. The Labute approximate surface area is 236 Å². The summed E-state index contributed by atoms with van der Waals surface area (Å²) in [6.07, 6.45) is 1.81. The highest BCUT2D eigenvalue weighted by Gasteiger charge is 2.20. The zero-order valence-corrected chi connectivity index (χ0v) is 23.6. The van der Waals surface area contributed by atoms with Crippen molar-refractivity contribution in [3.8, 4) is 39.9 Å². The number of para-hydroxylation sites is 1. The van der Waals surface area contributed by atoms with Crippen LogP contribution >= 0.6 is 11.8 Å². The average molecular weight is 557 g/mol. The monoisotopic (exact) mass is 556 g/mol. The second kappa shape index (κ2) is 11.8. The smallest absolute Gasteiger partial charge is 0.203 e. The number of methoxy groups -OCH3 is 3. The Morgan fingerprint density at radius 3 is 2.38 bits per heavy atom. The van der Waals surface area contributed by atoms with Gasteiger partial charge < -0.3 is 14.2 Å². The Balaban J connectivity index is 1.62. The lowest BCUT2D eigenvalue weighted by atomic mass is 10.0. The molecular formula is C31H29FN4O3S. The van der Waals surface area contributed by atoms with Gasteiger partial charge in [-0.3, -0.25) is 4.57 Å². The van der Waals surface area contributed by atoms with Gasteiger partial charge in [0.25, 0.3) is 0 Å². The van der Waals surface area contributed by atoms with Gasteiger partial charge in [-0.15, -0.1) is 16.8 Å². The predicted molar refractivity (Wildman–Crippen MR) is 157 cm³/mol. The summed E-state index contributed by atoms with van der Waals surface area (Å²) in [6, 6.07) is 18.9. The molecule has 0 bridgehead atoms. The molecular weight excluding hydrogens is 527 g/mol. The van der Waals surface area contributed by atoms with Crippen molar-refractivity contribution in [3.05, 3.63) is 90.3 Å². The summed E-state index contributed by atoms with van der Waals surface area (Å²) in [5.74, 6) is 2.61. The van der Waals surface area contributed by atoms with E-state index in [-0.39, 0.29) is 5.82 Å². The van der Waals surface area contributed by atoms with Crippen LogP contribution in [0.15, 0.2) is 78.5 Å². The minimum absolute atomic E-state index is 0.214. The van der Waals surface area contributed by atoms with E-state index in [9.17, 15) is 4.39 Å². The maximum Gasteiger partial charge on any atom is 0.203 e. The van der Waals surface area contributed by atoms with E-state index in [4.69, 9.17) is 19.2 Å². The molecule has 0 amide bonds.